The molecule has 4 aromatic rings. The van der Waals surface area contributed by atoms with E-state index in [2.05, 4.69) is 35.8 Å². The Bertz CT molecular complexity index is 1940. The quantitative estimate of drug-likeness (QED) is 0.107. The third-order valence-corrected chi connectivity index (χ3v) is 10.0. The van der Waals surface area contributed by atoms with Gasteiger partial charge in [0.2, 0.25) is 11.4 Å². The second-order valence-corrected chi connectivity index (χ2v) is 14.8. The van der Waals surface area contributed by atoms with E-state index in [1.165, 1.54) is 0 Å². The molecule has 0 bridgehead atoms. The molecular weight excluding hydrogens is 609 g/mol. The van der Waals surface area contributed by atoms with E-state index < -0.39 is 20.2 Å². The van der Waals surface area contributed by atoms with Crippen molar-refractivity contribution < 1.29 is 35.2 Å². The lowest BCUT2D eigenvalue weighted by atomic mass is 10.1. The van der Waals surface area contributed by atoms with Gasteiger partial charge in [-0.25, -0.2) is 0 Å². The fourth-order valence-corrected chi connectivity index (χ4v) is 7.52. The number of benzene rings is 3. The lowest BCUT2D eigenvalue weighted by Crippen LogP contribution is -2.36. The van der Waals surface area contributed by atoms with Crippen LogP contribution in [0.4, 0.5) is 5.69 Å². The van der Waals surface area contributed by atoms with Gasteiger partial charge in [-0.1, -0.05) is 48.6 Å². The van der Waals surface area contributed by atoms with Crippen molar-refractivity contribution >= 4 is 64.3 Å². The molecule has 3 aromatic carbocycles. The molecule has 9 nitrogen and oxygen atoms in total. The number of hydrogen-bond donors (Lipinski definition) is 2. The van der Waals surface area contributed by atoms with Crippen molar-refractivity contribution in [1.29, 1.82) is 0 Å². The average molecular weight is 644 g/mol. The van der Waals surface area contributed by atoms with Crippen molar-refractivity contribution in [3.05, 3.63) is 82.7 Å². The Hall–Kier alpha value is -3.29. The van der Waals surface area contributed by atoms with Crippen molar-refractivity contribution in [2.75, 3.05) is 23.0 Å². The summed E-state index contributed by atoms with van der Waals surface area (Å²) in [5.41, 5.74) is 3.98. The van der Waals surface area contributed by atoms with E-state index in [-0.39, 0.29) is 17.9 Å². The molecule has 0 saturated heterocycles. The predicted molar refractivity (Wildman–Crippen MR) is 172 cm³/mol. The first-order chi connectivity index (χ1) is 20.4. The third-order valence-electron chi connectivity index (χ3n) is 7.34. The maximum Gasteiger partial charge on any atom is 0.265 e. The van der Waals surface area contributed by atoms with Crippen LogP contribution in [0.15, 0.2) is 72.1 Å². The number of anilines is 1. The zero-order valence-corrected chi connectivity index (χ0v) is 26.5. The van der Waals surface area contributed by atoms with Gasteiger partial charge in [0.05, 0.1) is 22.6 Å². The first kappa shape index (κ1) is 31.1. The number of thiazole rings is 1. The van der Waals surface area contributed by atoms with Crippen molar-refractivity contribution in [1.82, 2.24) is 0 Å². The summed E-state index contributed by atoms with van der Waals surface area (Å²) in [7, 11) is -8.11. The summed E-state index contributed by atoms with van der Waals surface area (Å²) in [6.07, 6.45) is 5.89. The Morgan fingerprint density at radius 3 is 2.47 bits per heavy atom. The molecule has 5 rings (SSSR count). The van der Waals surface area contributed by atoms with Gasteiger partial charge < -0.3 is 9.64 Å². The standard InChI is InChI=1S/C31H34N2O7S3/c1-3-23(20-29-32(15-6-7-17-42(34,35)36)26-19-22(2)11-13-27(26)40-29)21-30-33(16-8-18-43(37,38)39)31-25-10-5-4-9-24(25)12-14-28(31)41-30/h4-5,9-14,19-21H,3,6-8,15-18H2,1-2H3,(H-,34,35,36,37,38,39)/p+1. The third kappa shape index (κ3) is 7.63. The predicted octanol–water partition coefficient (Wildman–Crippen LogP) is 6.13. The van der Waals surface area contributed by atoms with E-state index in [0.717, 1.165) is 48.6 Å². The van der Waals surface area contributed by atoms with Crippen LogP contribution < -0.4 is 14.2 Å². The smallest absolute Gasteiger partial charge is 0.265 e. The second-order valence-electron chi connectivity index (χ2n) is 10.6. The van der Waals surface area contributed by atoms with Crippen LogP contribution in [0.5, 0.6) is 5.75 Å². The highest BCUT2D eigenvalue weighted by atomic mass is 32.2. The van der Waals surface area contributed by atoms with E-state index in [1.807, 2.05) is 54.3 Å². The maximum atomic E-state index is 11.5. The van der Waals surface area contributed by atoms with Gasteiger partial charge in [0.1, 0.15) is 4.70 Å². The lowest BCUT2D eigenvalue weighted by Gasteiger charge is -2.19. The number of ether oxygens (including phenoxy) is 1. The number of allylic oxidation sites excluding steroid dienone is 2. The van der Waals surface area contributed by atoms with E-state index in [9.17, 15) is 21.4 Å². The zero-order valence-electron chi connectivity index (χ0n) is 24.1. The molecule has 2 heterocycles. The van der Waals surface area contributed by atoms with Crippen LogP contribution in [0.3, 0.4) is 0 Å². The van der Waals surface area contributed by atoms with Crippen molar-refractivity contribution in [2.45, 2.75) is 46.1 Å². The fraction of sp³-hybridized carbons (Fsp3) is 0.323. The molecule has 0 unspecified atom stereocenters. The summed E-state index contributed by atoms with van der Waals surface area (Å²) in [5, 5.41) is 3.10. The maximum absolute atomic E-state index is 11.5. The van der Waals surface area contributed by atoms with Gasteiger partial charge in [-0.3, -0.25) is 9.11 Å². The number of rotatable bonds is 12. The van der Waals surface area contributed by atoms with Crippen molar-refractivity contribution in [3.63, 3.8) is 0 Å². The molecule has 228 valence electrons. The summed E-state index contributed by atoms with van der Waals surface area (Å²) in [5.74, 6) is 0.731. The Morgan fingerprint density at radius 2 is 1.72 bits per heavy atom. The van der Waals surface area contributed by atoms with Gasteiger partial charge in [0.15, 0.2) is 12.3 Å². The number of aryl methyl sites for hydroxylation is 2. The molecule has 43 heavy (non-hydrogen) atoms. The molecule has 12 heteroatoms. The largest absolute Gasteiger partial charge is 0.439 e. The molecule has 2 N–H and O–H groups in total. The number of fused-ring (bicyclic) bond motifs is 4. The fourth-order valence-electron chi connectivity index (χ4n) is 5.27. The summed E-state index contributed by atoms with van der Waals surface area (Å²) < 4.78 is 73.4. The highest BCUT2D eigenvalue weighted by Gasteiger charge is 2.27. The first-order valence-corrected chi connectivity index (χ1v) is 18.2. The molecule has 0 saturated carbocycles. The molecule has 0 aliphatic carbocycles. The first-order valence-electron chi connectivity index (χ1n) is 14.1. The molecule has 0 fully saturated rings. The SMILES string of the molecule is CCC(=Cc1sc2ccc3ccccc3c2[n+]1CCCS(=O)(=O)O)C=C1Oc2ccc(C)cc2N1CCCCS(=O)(=O)O. The molecule has 1 aliphatic heterocycles. The number of unbranched alkanes of at least 4 members (excludes halogenated alkanes) is 1. The minimum absolute atomic E-state index is 0.261. The number of hydrogen-bond acceptors (Lipinski definition) is 7. The number of aromatic nitrogens is 1. The summed E-state index contributed by atoms with van der Waals surface area (Å²) in [6, 6.07) is 18.2. The lowest BCUT2D eigenvalue weighted by molar-refractivity contribution is -0.667. The summed E-state index contributed by atoms with van der Waals surface area (Å²) in [4.78, 5) is 2.04. The molecule has 0 atom stereocenters. The van der Waals surface area contributed by atoms with Gasteiger partial charge in [0.25, 0.3) is 25.2 Å². The molecule has 0 amide bonds. The Balaban J connectivity index is 1.53. The number of nitrogens with zero attached hydrogens (tertiary/aromatic N) is 2. The van der Waals surface area contributed by atoms with Gasteiger partial charge in [-0.2, -0.15) is 21.4 Å². The van der Waals surface area contributed by atoms with E-state index in [4.69, 9.17) is 9.29 Å². The topological polar surface area (TPSA) is 125 Å². The summed E-state index contributed by atoms with van der Waals surface area (Å²) >= 11 is 1.62. The zero-order chi connectivity index (χ0) is 30.8. The van der Waals surface area contributed by atoms with Crippen LogP contribution in [0.2, 0.25) is 0 Å². The monoisotopic (exact) mass is 643 g/mol. The molecule has 1 aliphatic rings. The highest BCUT2D eigenvalue weighted by Crippen LogP contribution is 2.40. The van der Waals surface area contributed by atoms with Crippen molar-refractivity contribution in [3.8, 4) is 5.75 Å². The molecular formula is C31H35N2O7S3+. The summed E-state index contributed by atoms with van der Waals surface area (Å²) in [6.45, 7) is 4.98. The van der Waals surface area contributed by atoms with E-state index in [0.29, 0.717) is 38.2 Å². The Kier molecular flexibility index (Phi) is 9.23. The minimum Gasteiger partial charge on any atom is -0.439 e. The van der Waals surface area contributed by atoms with Gasteiger partial charge in [0, 0.05) is 25.1 Å². The van der Waals surface area contributed by atoms with Crippen molar-refractivity contribution in [2.24, 2.45) is 0 Å². The Morgan fingerprint density at radius 1 is 0.977 bits per heavy atom. The van der Waals surface area contributed by atoms with Crippen LogP contribution in [-0.2, 0) is 26.8 Å². The van der Waals surface area contributed by atoms with Gasteiger partial charge >= 0.3 is 0 Å². The van der Waals surface area contributed by atoms with Crippen LogP contribution in [0, 0.1) is 6.92 Å². The molecule has 0 radical (unpaired) electrons. The molecule has 1 aromatic heterocycles. The van der Waals surface area contributed by atoms with Gasteiger partial charge in [-0.05, 0) is 67.0 Å². The minimum atomic E-state index is -4.09. The highest BCUT2D eigenvalue weighted by molar-refractivity contribution is 7.86. The van der Waals surface area contributed by atoms with E-state index >= 15 is 0 Å². The van der Waals surface area contributed by atoms with Crippen LogP contribution in [0.1, 0.15) is 43.2 Å². The Labute approximate surface area is 256 Å². The normalized spacial score (nSPS) is 15.0. The molecule has 0 spiro atoms. The second kappa shape index (κ2) is 12.7. The van der Waals surface area contributed by atoms with Gasteiger partial charge in [-0.15, -0.1) is 0 Å². The van der Waals surface area contributed by atoms with Crippen LogP contribution in [0.25, 0.3) is 27.1 Å². The average Bonchev–Trinajstić information content (AvgIpc) is 3.46. The van der Waals surface area contributed by atoms with Crippen LogP contribution in [-0.4, -0.2) is 44.0 Å². The van der Waals surface area contributed by atoms with E-state index in [1.54, 1.807) is 11.3 Å². The van der Waals surface area contributed by atoms with Crippen LogP contribution >= 0.6 is 11.3 Å².